The number of hydrogen-bond donors (Lipinski definition) is 2. The van der Waals surface area contributed by atoms with E-state index in [1.54, 1.807) is 6.07 Å². The molecule has 0 aromatic carbocycles. The van der Waals surface area contributed by atoms with Crippen LogP contribution in [0, 0.1) is 0 Å². The quantitative estimate of drug-likeness (QED) is 0.808. The molecule has 4 nitrogen and oxygen atoms in total. The summed E-state index contributed by atoms with van der Waals surface area (Å²) in [6.45, 7) is 0. The van der Waals surface area contributed by atoms with Gasteiger partial charge in [0.1, 0.15) is 0 Å². The molecule has 86 valence electrons. The van der Waals surface area contributed by atoms with Gasteiger partial charge in [-0.1, -0.05) is 0 Å². The highest BCUT2D eigenvalue weighted by atomic mass is 32.2. The van der Waals surface area contributed by atoms with Gasteiger partial charge >= 0.3 is 0 Å². The molecule has 2 N–H and O–H groups in total. The lowest BCUT2D eigenvalue weighted by atomic mass is 10.1. The molecule has 0 spiro atoms. The fourth-order valence-electron chi connectivity index (χ4n) is 1.71. The molecule has 1 aliphatic rings. The molecule has 0 radical (unpaired) electrons. The number of rotatable bonds is 2. The van der Waals surface area contributed by atoms with Gasteiger partial charge in [-0.2, -0.15) is 11.8 Å². The van der Waals surface area contributed by atoms with Gasteiger partial charge in [-0.3, -0.25) is 9.59 Å². The molecule has 16 heavy (non-hydrogen) atoms. The Morgan fingerprint density at radius 1 is 1.56 bits per heavy atom. The van der Waals surface area contributed by atoms with E-state index in [-0.39, 0.29) is 17.5 Å². The first-order valence-corrected chi connectivity index (χ1v) is 6.48. The van der Waals surface area contributed by atoms with Crippen LogP contribution in [0.3, 0.4) is 0 Å². The zero-order valence-corrected chi connectivity index (χ0v) is 9.68. The second-order valence-corrected chi connectivity index (χ2v) is 4.98. The van der Waals surface area contributed by atoms with Gasteiger partial charge in [0.15, 0.2) is 0 Å². The lowest BCUT2D eigenvalue weighted by molar-refractivity contribution is 0.0938. The average molecular weight is 238 g/mol. The largest absolute Gasteiger partial charge is 0.348 e. The maximum absolute atomic E-state index is 11.8. The summed E-state index contributed by atoms with van der Waals surface area (Å²) in [5.74, 6) is 1.99. The first kappa shape index (κ1) is 11.3. The Kier molecular flexibility index (Phi) is 3.66. The van der Waals surface area contributed by atoms with Crippen molar-refractivity contribution < 1.29 is 4.79 Å². The minimum Gasteiger partial charge on any atom is -0.348 e. The zero-order valence-electron chi connectivity index (χ0n) is 8.86. The molecule has 2 heterocycles. The number of hydrogen-bond acceptors (Lipinski definition) is 3. The number of pyridine rings is 1. The van der Waals surface area contributed by atoms with Crippen LogP contribution in [0.15, 0.2) is 23.1 Å². The summed E-state index contributed by atoms with van der Waals surface area (Å²) in [4.78, 5) is 25.3. The van der Waals surface area contributed by atoms with Crippen molar-refractivity contribution in [2.75, 3.05) is 11.5 Å². The maximum Gasteiger partial charge on any atom is 0.251 e. The van der Waals surface area contributed by atoms with Crippen LogP contribution in [0.4, 0.5) is 0 Å². The summed E-state index contributed by atoms with van der Waals surface area (Å²) in [5.41, 5.74) is 0.185. The highest BCUT2D eigenvalue weighted by Gasteiger charge is 2.16. The van der Waals surface area contributed by atoms with Crippen LogP contribution >= 0.6 is 11.8 Å². The summed E-state index contributed by atoms with van der Waals surface area (Å²) >= 11 is 1.86. The van der Waals surface area contributed by atoms with Crippen molar-refractivity contribution in [2.45, 2.75) is 18.9 Å². The van der Waals surface area contributed by atoms with E-state index in [1.807, 2.05) is 11.8 Å². The average Bonchev–Trinajstić information content (AvgIpc) is 2.30. The third kappa shape index (κ3) is 2.88. The van der Waals surface area contributed by atoms with Crippen molar-refractivity contribution in [3.63, 3.8) is 0 Å². The number of aromatic nitrogens is 1. The van der Waals surface area contributed by atoms with Crippen LogP contribution in [0.5, 0.6) is 0 Å². The molecule has 1 fully saturated rings. The van der Waals surface area contributed by atoms with Crippen LogP contribution in [-0.2, 0) is 0 Å². The Hall–Kier alpha value is -1.23. The molecular formula is C11H14N2O2S. The molecule has 1 aromatic rings. The molecule has 0 aliphatic carbocycles. The lowest BCUT2D eigenvalue weighted by Gasteiger charge is -2.22. The van der Waals surface area contributed by atoms with Crippen LogP contribution < -0.4 is 10.9 Å². The Morgan fingerprint density at radius 3 is 3.12 bits per heavy atom. The summed E-state index contributed by atoms with van der Waals surface area (Å²) in [6.07, 6.45) is 3.67. The third-order valence-corrected chi connectivity index (χ3v) is 3.75. The summed E-state index contributed by atoms with van der Waals surface area (Å²) < 4.78 is 0. The van der Waals surface area contributed by atoms with Crippen LogP contribution in [-0.4, -0.2) is 28.4 Å². The van der Waals surface area contributed by atoms with Gasteiger partial charge in [0.05, 0.1) is 0 Å². The van der Waals surface area contributed by atoms with Gasteiger partial charge in [0.25, 0.3) is 5.91 Å². The minimum atomic E-state index is -0.245. The predicted octanol–water partition coefficient (Wildman–Crippen LogP) is 1.00. The van der Waals surface area contributed by atoms with Crippen molar-refractivity contribution in [3.8, 4) is 0 Å². The lowest BCUT2D eigenvalue weighted by Crippen LogP contribution is -2.38. The van der Waals surface area contributed by atoms with E-state index in [4.69, 9.17) is 0 Å². The van der Waals surface area contributed by atoms with Crippen LogP contribution in [0.1, 0.15) is 23.2 Å². The molecule has 0 bridgehead atoms. The van der Waals surface area contributed by atoms with E-state index in [2.05, 4.69) is 10.3 Å². The Morgan fingerprint density at radius 2 is 2.44 bits per heavy atom. The van der Waals surface area contributed by atoms with E-state index >= 15 is 0 Å². The number of H-pyrrole nitrogens is 1. The third-order valence-electron chi connectivity index (χ3n) is 2.53. The molecule has 1 atom stereocenters. The number of carbonyl (C=O) groups excluding carboxylic acids is 1. The van der Waals surface area contributed by atoms with Crippen molar-refractivity contribution in [3.05, 3.63) is 34.2 Å². The number of aromatic amines is 1. The normalized spacial score (nSPS) is 20.4. The molecule has 1 saturated heterocycles. The van der Waals surface area contributed by atoms with Crippen LogP contribution in [0.25, 0.3) is 0 Å². The first-order chi connectivity index (χ1) is 7.75. The Balaban J connectivity index is 1.99. The van der Waals surface area contributed by atoms with Gasteiger partial charge in [-0.05, 0) is 24.7 Å². The molecule has 0 saturated carbocycles. The van der Waals surface area contributed by atoms with Gasteiger partial charge in [-0.15, -0.1) is 0 Å². The van der Waals surface area contributed by atoms with E-state index < -0.39 is 0 Å². The van der Waals surface area contributed by atoms with Crippen molar-refractivity contribution in [1.29, 1.82) is 0 Å². The van der Waals surface area contributed by atoms with E-state index in [0.717, 1.165) is 18.6 Å². The number of nitrogens with one attached hydrogen (secondary N) is 2. The predicted molar refractivity (Wildman–Crippen MR) is 64.9 cm³/mol. The molecule has 5 heteroatoms. The van der Waals surface area contributed by atoms with Crippen molar-refractivity contribution in [2.24, 2.45) is 0 Å². The Bertz CT molecular complexity index is 424. The van der Waals surface area contributed by atoms with Gasteiger partial charge in [0, 0.05) is 29.6 Å². The van der Waals surface area contributed by atoms with E-state index in [9.17, 15) is 9.59 Å². The SMILES string of the molecule is O=C(NC1CCCSC1)c1cc[nH]c(=O)c1. The molecule has 1 aromatic heterocycles. The molecule has 2 rings (SSSR count). The minimum absolute atomic E-state index is 0.154. The number of amides is 1. The fraction of sp³-hybridized carbons (Fsp3) is 0.455. The standard InChI is InChI=1S/C11H14N2O2S/c14-10-6-8(3-4-12-10)11(15)13-9-2-1-5-16-7-9/h3-4,6,9H,1-2,5,7H2,(H,12,14)(H,13,15). The monoisotopic (exact) mass is 238 g/mol. The second-order valence-electron chi connectivity index (χ2n) is 3.83. The maximum atomic E-state index is 11.8. The van der Waals surface area contributed by atoms with Gasteiger partial charge < -0.3 is 10.3 Å². The van der Waals surface area contributed by atoms with Crippen molar-refractivity contribution in [1.82, 2.24) is 10.3 Å². The van der Waals surface area contributed by atoms with Crippen molar-refractivity contribution >= 4 is 17.7 Å². The molecule has 1 aliphatic heterocycles. The van der Waals surface area contributed by atoms with E-state index in [1.165, 1.54) is 18.0 Å². The summed E-state index contributed by atoms with van der Waals surface area (Å²) in [5, 5.41) is 2.95. The molecular weight excluding hydrogens is 224 g/mol. The Labute approximate surface area is 97.8 Å². The van der Waals surface area contributed by atoms with E-state index in [0.29, 0.717) is 5.56 Å². The van der Waals surface area contributed by atoms with Gasteiger partial charge in [-0.25, -0.2) is 0 Å². The first-order valence-electron chi connectivity index (χ1n) is 5.33. The highest BCUT2D eigenvalue weighted by molar-refractivity contribution is 7.99. The summed E-state index contributed by atoms with van der Waals surface area (Å²) in [6, 6.07) is 3.18. The summed E-state index contributed by atoms with van der Waals surface area (Å²) in [7, 11) is 0. The molecule has 1 amide bonds. The van der Waals surface area contributed by atoms with Crippen LogP contribution in [0.2, 0.25) is 0 Å². The zero-order chi connectivity index (χ0) is 11.4. The second kappa shape index (κ2) is 5.21. The fourth-order valence-corrected chi connectivity index (χ4v) is 2.78. The molecule has 1 unspecified atom stereocenters. The smallest absolute Gasteiger partial charge is 0.251 e. The topological polar surface area (TPSA) is 62.0 Å². The highest BCUT2D eigenvalue weighted by Crippen LogP contribution is 2.17. The number of carbonyl (C=O) groups is 1. The number of thioether (sulfide) groups is 1. The van der Waals surface area contributed by atoms with Gasteiger partial charge in [0.2, 0.25) is 5.56 Å².